The van der Waals surface area contributed by atoms with Crippen LogP contribution in [0, 0.1) is 0 Å². The maximum atomic E-state index is 13.0. The van der Waals surface area contributed by atoms with Gasteiger partial charge in [0.2, 0.25) is 0 Å². The number of nitrogens with zero attached hydrogens (tertiary/aromatic N) is 3. The standard InChI is InChI=1S/C27H37N3O3/c1-5-7-21(2)29(4)27(32)24-8-6-9-26(25(24)19-31)33-20-23-12-10-22(11-13-23)18-30-16-14-28(3)15-17-30/h6,8-13,19,21H,5,7,14-18,20H2,1-4H3. The second-order valence-corrected chi connectivity index (χ2v) is 9.07. The highest BCUT2D eigenvalue weighted by atomic mass is 16.5. The van der Waals surface area contributed by atoms with Crippen LogP contribution in [0.15, 0.2) is 42.5 Å². The van der Waals surface area contributed by atoms with E-state index in [1.165, 1.54) is 5.56 Å². The third-order valence-corrected chi connectivity index (χ3v) is 6.52. The number of likely N-dealkylation sites (N-methyl/N-ethyl adjacent to an activating group) is 1. The number of carbonyl (C=O) groups is 2. The van der Waals surface area contributed by atoms with Crippen LogP contribution >= 0.6 is 0 Å². The monoisotopic (exact) mass is 451 g/mol. The van der Waals surface area contributed by atoms with Crippen molar-refractivity contribution in [1.29, 1.82) is 0 Å². The summed E-state index contributed by atoms with van der Waals surface area (Å²) in [5, 5.41) is 0. The Morgan fingerprint density at radius 3 is 2.39 bits per heavy atom. The average molecular weight is 452 g/mol. The van der Waals surface area contributed by atoms with E-state index in [-0.39, 0.29) is 11.9 Å². The second-order valence-electron chi connectivity index (χ2n) is 9.07. The molecule has 1 amide bonds. The van der Waals surface area contributed by atoms with Crippen molar-refractivity contribution in [3.63, 3.8) is 0 Å². The molecule has 0 spiro atoms. The molecular weight excluding hydrogens is 414 g/mol. The van der Waals surface area contributed by atoms with E-state index < -0.39 is 0 Å². The van der Waals surface area contributed by atoms with Crippen LogP contribution in [0.1, 0.15) is 58.5 Å². The van der Waals surface area contributed by atoms with Crippen LogP contribution in [0.25, 0.3) is 0 Å². The second kappa shape index (κ2) is 12.0. The fourth-order valence-corrected chi connectivity index (χ4v) is 4.15. The molecule has 1 saturated heterocycles. The molecule has 1 unspecified atom stereocenters. The summed E-state index contributed by atoms with van der Waals surface area (Å²) in [5.41, 5.74) is 3.01. The Kier molecular flexibility index (Phi) is 9.03. The summed E-state index contributed by atoms with van der Waals surface area (Å²) in [4.78, 5) is 31.4. The summed E-state index contributed by atoms with van der Waals surface area (Å²) < 4.78 is 5.98. The maximum absolute atomic E-state index is 13.0. The van der Waals surface area contributed by atoms with E-state index >= 15 is 0 Å². The van der Waals surface area contributed by atoms with Crippen LogP contribution < -0.4 is 4.74 Å². The molecule has 0 N–H and O–H groups in total. The van der Waals surface area contributed by atoms with Gasteiger partial charge >= 0.3 is 0 Å². The largest absolute Gasteiger partial charge is 0.488 e. The molecule has 0 saturated carbocycles. The van der Waals surface area contributed by atoms with Crippen molar-refractivity contribution in [2.75, 3.05) is 40.3 Å². The van der Waals surface area contributed by atoms with Gasteiger partial charge in [-0.2, -0.15) is 0 Å². The third-order valence-electron chi connectivity index (χ3n) is 6.52. The summed E-state index contributed by atoms with van der Waals surface area (Å²) in [6.45, 7) is 9.83. The van der Waals surface area contributed by atoms with Crippen molar-refractivity contribution >= 4 is 12.2 Å². The topological polar surface area (TPSA) is 53.1 Å². The van der Waals surface area contributed by atoms with Gasteiger partial charge in [0, 0.05) is 45.8 Å². The van der Waals surface area contributed by atoms with Gasteiger partial charge in [0.05, 0.1) is 11.1 Å². The van der Waals surface area contributed by atoms with Crippen LogP contribution in [0.4, 0.5) is 0 Å². The minimum absolute atomic E-state index is 0.107. The van der Waals surface area contributed by atoms with E-state index in [1.807, 2.05) is 6.92 Å². The van der Waals surface area contributed by atoms with Crippen molar-refractivity contribution < 1.29 is 14.3 Å². The molecule has 1 aliphatic heterocycles. The first-order chi connectivity index (χ1) is 15.9. The van der Waals surface area contributed by atoms with Gasteiger partial charge in [-0.25, -0.2) is 0 Å². The van der Waals surface area contributed by atoms with E-state index in [1.54, 1.807) is 30.1 Å². The van der Waals surface area contributed by atoms with E-state index in [0.29, 0.717) is 23.5 Å². The Hall–Kier alpha value is -2.70. The van der Waals surface area contributed by atoms with Gasteiger partial charge in [-0.1, -0.05) is 43.7 Å². The predicted octanol–water partition coefficient (Wildman–Crippen LogP) is 4.09. The van der Waals surface area contributed by atoms with Crippen molar-refractivity contribution in [3.8, 4) is 5.75 Å². The van der Waals surface area contributed by atoms with Crippen molar-refractivity contribution in [3.05, 3.63) is 64.7 Å². The van der Waals surface area contributed by atoms with Gasteiger partial charge in [-0.05, 0) is 43.7 Å². The van der Waals surface area contributed by atoms with Crippen molar-refractivity contribution in [2.45, 2.75) is 45.9 Å². The summed E-state index contributed by atoms with van der Waals surface area (Å²) in [5.74, 6) is 0.283. The van der Waals surface area contributed by atoms with Gasteiger partial charge in [-0.3, -0.25) is 14.5 Å². The lowest BCUT2D eigenvalue weighted by atomic mass is 10.0. The maximum Gasteiger partial charge on any atom is 0.254 e. The summed E-state index contributed by atoms with van der Waals surface area (Å²) in [6.07, 6.45) is 2.64. The number of carbonyl (C=O) groups excluding carboxylic acids is 2. The lowest BCUT2D eigenvalue weighted by Gasteiger charge is -2.32. The highest BCUT2D eigenvalue weighted by Gasteiger charge is 2.22. The smallest absolute Gasteiger partial charge is 0.254 e. The summed E-state index contributed by atoms with van der Waals surface area (Å²) in [7, 11) is 3.95. The first kappa shape index (κ1) is 24.9. The minimum atomic E-state index is -0.156. The van der Waals surface area contributed by atoms with Gasteiger partial charge in [-0.15, -0.1) is 0 Å². The van der Waals surface area contributed by atoms with E-state index in [0.717, 1.165) is 57.4 Å². The molecule has 2 aromatic carbocycles. The molecule has 0 aromatic heterocycles. The number of benzene rings is 2. The molecule has 0 radical (unpaired) electrons. The van der Waals surface area contributed by atoms with Crippen LogP contribution in [0.5, 0.6) is 5.75 Å². The Balaban J connectivity index is 1.63. The Morgan fingerprint density at radius 1 is 1.09 bits per heavy atom. The molecule has 6 heteroatoms. The molecule has 6 nitrogen and oxygen atoms in total. The number of ether oxygens (including phenoxy) is 1. The van der Waals surface area contributed by atoms with E-state index in [9.17, 15) is 9.59 Å². The van der Waals surface area contributed by atoms with Crippen LogP contribution in [-0.4, -0.2) is 73.2 Å². The highest BCUT2D eigenvalue weighted by Crippen LogP contribution is 2.24. The average Bonchev–Trinajstić information content (AvgIpc) is 2.84. The number of piperazine rings is 1. The van der Waals surface area contributed by atoms with Crippen LogP contribution in [0.2, 0.25) is 0 Å². The van der Waals surface area contributed by atoms with Crippen LogP contribution in [-0.2, 0) is 13.2 Å². The highest BCUT2D eigenvalue weighted by molar-refractivity contribution is 6.02. The molecule has 1 fully saturated rings. The lowest BCUT2D eigenvalue weighted by molar-refractivity contribution is 0.0733. The normalized spacial score (nSPS) is 15.8. The Bertz CT molecular complexity index is 921. The van der Waals surface area contributed by atoms with Crippen molar-refractivity contribution in [2.24, 2.45) is 0 Å². The third kappa shape index (κ3) is 6.65. The Labute approximate surface area is 198 Å². The number of hydrogen-bond acceptors (Lipinski definition) is 5. The van der Waals surface area contributed by atoms with Crippen molar-refractivity contribution in [1.82, 2.24) is 14.7 Å². The Morgan fingerprint density at radius 2 is 1.76 bits per heavy atom. The van der Waals surface area contributed by atoms with Crippen LogP contribution in [0.3, 0.4) is 0 Å². The quantitative estimate of drug-likeness (QED) is 0.510. The van der Waals surface area contributed by atoms with E-state index in [2.05, 4.69) is 48.0 Å². The zero-order valence-corrected chi connectivity index (χ0v) is 20.4. The molecule has 33 heavy (non-hydrogen) atoms. The molecular formula is C27H37N3O3. The zero-order chi connectivity index (χ0) is 23.8. The van der Waals surface area contributed by atoms with Gasteiger partial charge < -0.3 is 14.5 Å². The van der Waals surface area contributed by atoms with Gasteiger partial charge in [0.15, 0.2) is 6.29 Å². The van der Waals surface area contributed by atoms with Gasteiger partial charge in [0.1, 0.15) is 12.4 Å². The minimum Gasteiger partial charge on any atom is -0.488 e. The fourth-order valence-electron chi connectivity index (χ4n) is 4.15. The fraction of sp³-hybridized carbons (Fsp3) is 0.481. The molecule has 1 aliphatic rings. The first-order valence-corrected chi connectivity index (χ1v) is 11.9. The SMILES string of the molecule is CCCC(C)N(C)C(=O)c1cccc(OCc2ccc(CN3CCN(C)CC3)cc2)c1C=O. The first-order valence-electron chi connectivity index (χ1n) is 11.9. The number of amides is 1. The number of aldehydes is 1. The molecule has 2 aromatic rings. The molecule has 0 aliphatic carbocycles. The van der Waals surface area contributed by atoms with E-state index in [4.69, 9.17) is 4.74 Å². The predicted molar refractivity (Wildman–Crippen MR) is 132 cm³/mol. The molecule has 1 atom stereocenters. The molecule has 3 rings (SSSR count). The molecule has 1 heterocycles. The number of rotatable bonds is 10. The summed E-state index contributed by atoms with van der Waals surface area (Å²) in [6, 6.07) is 13.7. The molecule has 178 valence electrons. The van der Waals surface area contributed by atoms with Gasteiger partial charge in [0.25, 0.3) is 5.91 Å². The number of hydrogen-bond donors (Lipinski definition) is 0. The lowest BCUT2D eigenvalue weighted by Crippen LogP contribution is -2.43. The molecule has 0 bridgehead atoms. The summed E-state index contributed by atoms with van der Waals surface area (Å²) >= 11 is 0. The zero-order valence-electron chi connectivity index (χ0n) is 20.4.